The number of rotatable bonds is 4. The number of hydrogen-bond acceptors (Lipinski definition) is 5. The predicted octanol–water partition coefficient (Wildman–Crippen LogP) is 3.31. The lowest BCUT2D eigenvalue weighted by molar-refractivity contribution is 0.254. The quantitative estimate of drug-likeness (QED) is 0.667. The first-order valence-corrected chi connectivity index (χ1v) is 9.06. The molecule has 4 rings (SSSR count). The van der Waals surface area contributed by atoms with Crippen molar-refractivity contribution >= 4 is 17.1 Å². The number of fused-ring (bicyclic) bond motifs is 2. The van der Waals surface area contributed by atoms with E-state index >= 15 is 0 Å². The van der Waals surface area contributed by atoms with Gasteiger partial charge in [0.1, 0.15) is 23.4 Å². The molecule has 6 nitrogen and oxygen atoms in total. The first-order chi connectivity index (χ1) is 13.1. The third-order valence-corrected chi connectivity index (χ3v) is 4.56. The summed E-state index contributed by atoms with van der Waals surface area (Å²) in [7, 11) is 0. The molecule has 0 aliphatic carbocycles. The molecule has 2 heterocycles. The van der Waals surface area contributed by atoms with Gasteiger partial charge < -0.3 is 9.47 Å². The van der Waals surface area contributed by atoms with E-state index in [1.807, 2.05) is 44.2 Å². The van der Waals surface area contributed by atoms with E-state index in [0.29, 0.717) is 23.3 Å². The van der Waals surface area contributed by atoms with E-state index in [4.69, 9.17) is 9.47 Å². The molecule has 0 unspecified atom stereocenters. The van der Waals surface area contributed by atoms with Crippen LogP contribution in [0, 0.1) is 6.92 Å². The Kier molecular flexibility index (Phi) is 4.39. The molecule has 0 saturated heterocycles. The molecule has 1 aromatic heterocycles. The van der Waals surface area contributed by atoms with Gasteiger partial charge in [0, 0.05) is 17.5 Å². The Balaban J connectivity index is 1.78. The highest BCUT2D eigenvalue weighted by Gasteiger charge is 2.21. The number of benzene rings is 2. The predicted molar refractivity (Wildman–Crippen MR) is 105 cm³/mol. The second-order valence-electron chi connectivity index (χ2n) is 6.60. The van der Waals surface area contributed by atoms with Crippen LogP contribution in [0.25, 0.3) is 10.9 Å². The Morgan fingerprint density at radius 3 is 3.00 bits per heavy atom. The Bertz CT molecular complexity index is 1100. The van der Waals surface area contributed by atoms with Gasteiger partial charge in [-0.3, -0.25) is 4.79 Å². The van der Waals surface area contributed by atoms with Gasteiger partial charge in [-0.1, -0.05) is 12.1 Å². The molecule has 27 heavy (non-hydrogen) atoms. The molecule has 1 aliphatic rings. The fraction of sp³-hybridized carbons (Fsp3) is 0.286. The summed E-state index contributed by atoms with van der Waals surface area (Å²) in [4.78, 5) is 17.2. The number of nitrogens with zero attached hydrogens (tertiary/aromatic N) is 3. The van der Waals surface area contributed by atoms with Crippen molar-refractivity contribution in [2.75, 3.05) is 6.61 Å². The van der Waals surface area contributed by atoms with Crippen LogP contribution in [0.1, 0.15) is 30.8 Å². The largest absolute Gasteiger partial charge is 0.493 e. The van der Waals surface area contributed by atoms with Crippen LogP contribution in [-0.4, -0.2) is 28.6 Å². The number of aromatic nitrogens is 2. The summed E-state index contributed by atoms with van der Waals surface area (Å²) in [6, 6.07) is 11.2. The maximum atomic E-state index is 12.8. The first-order valence-electron chi connectivity index (χ1n) is 9.06. The van der Waals surface area contributed by atoms with E-state index in [1.165, 1.54) is 4.68 Å². The molecule has 3 aromatic rings. The van der Waals surface area contributed by atoms with Crippen LogP contribution in [-0.2, 0) is 6.42 Å². The SMILES string of the molecule is CCOc1cc2c(cc1C=Nn1c(C)nc3ccccc3c1=O)O[C@H](C)C2. The zero-order chi connectivity index (χ0) is 19.0. The summed E-state index contributed by atoms with van der Waals surface area (Å²) >= 11 is 0. The highest BCUT2D eigenvalue weighted by molar-refractivity contribution is 5.85. The van der Waals surface area contributed by atoms with Gasteiger partial charge in [-0.15, -0.1) is 0 Å². The molecular formula is C21H21N3O3. The average Bonchev–Trinajstić information content (AvgIpc) is 3.00. The van der Waals surface area contributed by atoms with Crippen LogP contribution in [0.3, 0.4) is 0 Å². The highest BCUT2D eigenvalue weighted by atomic mass is 16.5. The Hall–Kier alpha value is -3.15. The van der Waals surface area contributed by atoms with Crippen LogP contribution < -0.4 is 15.0 Å². The summed E-state index contributed by atoms with van der Waals surface area (Å²) in [5, 5.41) is 4.93. The van der Waals surface area contributed by atoms with Crippen molar-refractivity contribution in [2.24, 2.45) is 5.10 Å². The molecule has 0 bridgehead atoms. The van der Waals surface area contributed by atoms with Crippen LogP contribution in [0.2, 0.25) is 0 Å². The second-order valence-corrected chi connectivity index (χ2v) is 6.60. The molecule has 6 heteroatoms. The van der Waals surface area contributed by atoms with E-state index in [9.17, 15) is 4.79 Å². The maximum Gasteiger partial charge on any atom is 0.282 e. The molecule has 0 radical (unpaired) electrons. The fourth-order valence-corrected chi connectivity index (χ4v) is 3.33. The molecule has 0 spiro atoms. The molecule has 0 amide bonds. The molecule has 0 N–H and O–H groups in total. The second kappa shape index (κ2) is 6.87. The van der Waals surface area contributed by atoms with Crippen molar-refractivity contribution in [2.45, 2.75) is 33.3 Å². The third kappa shape index (κ3) is 3.18. The van der Waals surface area contributed by atoms with E-state index in [0.717, 1.165) is 29.0 Å². The lowest BCUT2D eigenvalue weighted by atomic mass is 10.1. The van der Waals surface area contributed by atoms with Crippen LogP contribution in [0.4, 0.5) is 0 Å². The van der Waals surface area contributed by atoms with Gasteiger partial charge in [-0.2, -0.15) is 9.78 Å². The summed E-state index contributed by atoms with van der Waals surface area (Å²) in [6.45, 7) is 6.29. The fourth-order valence-electron chi connectivity index (χ4n) is 3.33. The summed E-state index contributed by atoms with van der Waals surface area (Å²) in [5.41, 5.74) is 2.37. The highest BCUT2D eigenvalue weighted by Crippen LogP contribution is 2.34. The van der Waals surface area contributed by atoms with E-state index in [1.54, 1.807) is 19.2 Å². The van der Waals surface area contributed by atoms with E-state index in [2.05, 4.69) is 10.1 Å². The van der Waals surface area contributed by atoms with Crippen molar-refractivity contribution in [3.8, 4) is 11.5 Å². The van der Waals surface area contributed by atoms with Crippen LogP contribution in [0.15, 0.2) is 46.3 Å². The van der Waals surface area contributed by atoms with Crippen LogP contribution >= 0.6 is 0 Å². The topological polar surface area (TPSA) is 65.7 Å². The van der Waals surface area contributed by atoms with Gasteiger partial charge in [0.05, 0.1) is 23.7 Å². The maximum absolute atomic E-state index is 12.8. The van der Waals surface area contributed by atoms with Crippen molar-refractivity contribution in [1.29, 1.82) is 0 Å². The standard InChI is InChI=1S/C21H21N3O3/c1-4-26-19-10-15-9-13(2)27-20(15)11-16(19)12-22-24-14(3)23-18-8-6-5-7-17(18)21(24)25/h5-8,10-13H,4,9H2,1-3H3/t13-/m1/s1. The molecule has 0 saturated carbocycles. The number of aryl methyl sites for hydroxylation is 1. The van der Waals surface area contributed by atoms with Crippen molar-refractivity contribution in [3.05, 3.63) is 63.7 Å². The van der Waals surface area contributed by atoms with E-state index in [-0.39, 0.29) is 11.7 Å². The Morgan fingerprint density at radius 2 is 2.19 bits per heavy atom. The van der Waals surface area contributed by atoms with Crippen molar-refractivity contribution in [3.63, 3.8) is 0 Å². The van der Waals surface area contributed by atoms with E-state index < -0.39 is 0 Å². The molecule has 0 fully saturated rings. The van der Waals surface area contributed by atoms with Crippen molar-refractivity contribution in [1.82, 2.24) is 9.66 Å². The Morgan fingerprint density at radius 1 is 1.37 bits per heavy atom. The van der Waals surface area contributed by atoms with Crippen molar-refractivity contribution < 1.29 is 9.47 Å². The minimum absolute atomic E-state index is 0.149. The van der Waals surface area contributed by atoms with Gasteiger partial charge >= 0.3 is 0 Å². The normalized spacial score (nSPS) is 15.9. The summed E-state index contributed by atoms with van der Waals surface area (Å²) in [6.07, 6.45) is 2.64. The number of hydrogen-bond donors (Lipinski definition) is 0. The molecule has 138 valence electrons. The zero-order valence-electron chi connectivity index (χ0n) is 15.6. The number of para-hydroxylation sites is 1. The summed E-state index contributed by atoms with van der Waals surface area (Å²) in [5.74, 6) is 2.10. The lowest BCUT2D eigenvalue weighted by Crippen LogP contribution is -2.20. The average molecular weight is 363 g/mol. The summed E-state index contributed by atoms with van der Waals surface area (Å²) < 4.78 is 12.9. The minimum atomic E-state index is -0.196. The molecular weight excluding hydrogens is 342 g/mol. The number of ether oxygens (including phenoxy) is 2. The smallest absolute Gasteiger partial charge is 0.282 e. The monoisotopic (exact) mass is 363 g/mol. The van der Waals surface area contributed by atoms with Gasteiger partial charge in [0.2, 0.25) is 0 Å². The lowest BCUT2D eigenvalue weighted by Gasteiger charge is -2.10. The zero-order valence-corrected chi connectivity index (χ0v) is 15.6. The molecule has 2 aromatic carbocycles. The van der Waals surface area contributed by atoms with Gasteiger partial charge in [-0.05, 0) is 45.0 Å². The van der Waals surface area contributed by atoms with Gasteiger partial charge in [-0.25, -0.2) is 4.98 Å². The first kappa shape index (κ1) is 17.3. The van der Waals surface area contributed by atoms with Gasteiger partial charge in [0.25, 0.3) is 5.56 Å². The van der Waals surface area contributed by atoms with Gasteiger partial charge in [0.15, 0.2) is 0 Å². The minimum Gasteiger partial charge on any atom is -0.493 e. The third-order valence-electron chi connectivity index (χ3n) is 4.56. The Labute approximate surface area is 157 Å². The van der Waals surface area contributed by atoms with Crippen LogP contribution in [0.5, 0.6) is 11.5 Å². The molecule has 1 aliphatic heterocycles. The molecule has 1 atom stereocenters.